The molecule has 0 heterocycles. The van der Waals surface area contributed by atoms with E-state index in [-0.39, 0.29) is 12.0 Å². The number of carbonyl (C=O) groups excluding carboxylic acids is 1. The van der Waals surface area contributed by atoms with Gasteiger partial charge in [-0.25, -0.2) is 18.0 Å². The molecule has 6 nitrogen and oxygen atoms in total. The number of halogens is 3. The third kappa shape index (κ3) is 5.53. The van der Waals surface area contributed by atoms with E-state index in [4.69, 9.17) is 16.6 Å². The Morgan fingerprint density at radius 2 is 1.78 bits per heavy atom. The van der Waals surface area contributed by atoms with Crippen LogP contribution in [0.3, 0.4) is 0 Å². The topological polar surface area (TPSA) is 118 Å². The molecular formula is C14H18F3N3O3. The van der Waals surface area contributed by atoms with Crippen molar-refractivity contribution in [1.29, 1.82) is 0 Å². The lowest BCUT2D eigenvalue weighted by Gasteiger charge is -2.18. The van der Waals surface area contributed by atoms with Crippen LogP contribution in [0.15, 0.2) is 12.1 Å². The van der Waals surface area contributed by atoms with E-state index < -0.39 is 47.8 Å². The van der Waals surface area contributed by atoms with Gasteiger partial charge in [0, 0.05) is 6.42 Å². The van der Waals surface area contributed by atoms with Crippen molar-refractivity contribution in [2.75, 3.05) is 6.54 Å². The number of hydrogen-bond donors (Lipinski definition) is 4. The van der Waals surface area contributed by atoms with Crippen LogP contribution in [0.4, 0.5) is 13.2 Å². The number of carboxylic acids is 1. The molecule has 2 atom stereocenters. The highest BCUT2D eigenvalue weighted by molar-refractivity contribution is 5.86. The summed E-state index contributed by atoms with van der Waals surface area (Å²) in [6, 6.07) is -1.04. The van der Waals surface area contributed by atoms with Crippen LogP contribution in [0.25, 0.3) is 0 Å². The average Bonchev–Trinajstić information content (AvgIpc) is 2.49. The highest BCUT2D eigenvalue weighted by atomic mass is 19.2. The number of amides is 1. The second-order valence-electron chi connectivity index (χ2n) is 5.01. The van der Waals surface area contributed by atoms with E-state index in [9.17, 15) is 22.8 Å². The van der Waals surface area contributed by atoms with Crippen molar-refractivity contribution in [2.24, 2.45) is 11.5 Å². The summed E-state index contributed by atoms with van der Waals surface area (Å²) in [6.45, 7) is 0.331. The quantitative estimate of drug-likeness (QED) is 0.510. The SMILES string of the molecule is NCCC[C@H](N)C(=O)N[C@H](Cc1cc(F)c(F)c(F)c1)C(=O)O. The average molecular weight is 333 g/mol. The molecule has 23 heavy (non-hydrogen) atoms. The summed E-state index contributed by atoms with van der Waals surface area (Å²) >= 11 is 0. The maximum atomic E-state index is 13.1. The van der Waals surface area contributed by atoms with Crippen LogP contribution in [0.1, 0.15) is 18.4 Å². The minimum atomic E-state index is -1.64. The van der Waals surface area contributed by atoms with Crippen molar-refractivity contribution < 1.29 is 27.9 Å². The van der Waals surface area contributed by atoms with Crippen molar-refractivity contribution in [1.82, 2.24) is 5.32 Å². The first-order valence-electron chi connectivity index (χ1n) is 6.88. The fraction of sp³-hybridized carbons (Fsp3) is 0.429. The van der Waals surface area contributed by atoms with Gasteiger partial charge in [-0.05, 0) is 37.1 Å². The van der Waals surface area contributed by atoms with E-state index in [0.717, 1.165) is 0 Å². The number of hydrogen-bond acceptors (Lipinski definition) is 4. The van der Waals surface area contributed by atoms with E-state index in [1.807, 2.05) is 0 Å². The van der Waals surface area contributed by atoms with Gasteiger partial charge in [0.2, 0.25) is 5.91 Å². The van der Waals surface area contributed by atoms with Gasteiger partial charge < -0.3 is 21.9 Å². The number of carboxylic acid groups (broad SMARTS) is 1. The second kappa shape index (κ2) is 8.49. The molecule has 0 aliphatic rings. The molecule has 1 amide bonds. The molecular weight excluding hydrogens is 315 g/mol. The third-order valence-corrected chi connectivity index (χ3v) is 3.15. The van der Waals surface area contributed by atoms with Crippen molar-refractivity contribution in [3.63, 3.8) is 0 Å². The maximum Gasteiger partial charge on any atom is 0.326 e. The standard InChI is InChI=1S/C14H18F3N3O3/c15-8-4-7(5-9(16)12(8)17)6-11(14(22)23)20-13(21)10(19)2-1-3-18/h4-5,10-11H,1-3,6,18-19H2,(H,20,21)(H,22,23)/t10-,11+/m0/s1. The number of benzene rings is 1. The fourth-order valence-corrected chi connectivity index (χ4v) is 1.91. The molecule has 0 spiro atoms. The zero-order chi connectivity index (χ0) is 17.6. The minimum Gasteiger partial charge on any atom is -0.480 e. The van der Waals surface area contributed by atoms with E-state index in [2.05, 4.69) is 5.32 Å². The summed E-state index contributed by atoms with van der Waals surface area (Å²) in [5, 5.41) is 11.3. The molecule has 0 bridgehead atoms. The summed E-state index contributed by atoms with van der Waals surface area (Å²) < 4.78 is 39.2. The van der Waals surface area contributed by atoms with Gasteiger partial charge in [0.05, 0.1) is 6.04 Å². The molecule has 0 saturated carbocycles. The minimum absolute atomic E-state index is 0.107. The van der Waals surface area contributed by atoms with Crippen LogP contribution in [-0.2, 0) is 16.0 Å². The molecule has 9 heteroatoms. The normalized spacial score (nSPS) is 13.4. The number of aliphatic carboxylic acids is 1. The smallest absolute Gasteiger partial charge is 0.326 e. The molecule has 1 rings (SSSR count). The number of nitrogens with two attached hydrogens (primary N) is 2. The summed E-state index contributed by atoms with van der Waals surface area (Å²) in [6.07, 6.45) is 0.341. The highest BCUT2D eigenvalue weighted by Gasteiger charge is 2.24. The molecule has 1 aromatic carbocycles. The lowest BCUT2D eigenvalue weighted by atomic mass is 10.0. The Balaban J connectivity index is 2.80. The predicted molar refractivity (Wildman–Crippen MR) is 75.9 cm³/mol. The van der Waals surface area contributed by atoms with E-state index in [1.165, 1.54) is 0 Å². The first kappa shape index (κ1) is 18.9. The zero-order valence-electron chi connectivity index (χ0n) is 12.2. The summed E-state index contributed by atoms with van der Waals surface area (Å²) in [7, 11) is 0. The van der Waals surface area contributed by atoms with Crippen molar-refractivity contribution in [3.8, 4) is 0 Å². The van der Waals surface area contributed by atoms with Crippen molar-refractivity contribution in [3.05, 3.63) is 35.1 Å². The van der Waals surface area contributed by atoms with Gasteiger partial charge in [0.1, 0.15) is 6.04 Å². The summed E-state index contributed by atoms with van der Waals surface area (Å²) in [5.41, 5.74) is 10.8. The van der Waals surface area contributed by atoms with E-state index in [0.29, 0.717) is 25.1 Å². The number of carbonyl (C=O) groups is 2. The molecule has 0 saturated heterocycles. The lowest BCUT2D eigenvalue weighted by Crippen LogP contribution is -2.49. The number of nitrogens with one attached hydrogen (secondary N) is 1. The molecule has 6 N–H and O–H groups in total. The molecule has 128 valence electrons. The second-order valence-corrected chi connectivity index (χ2v) is 5.01. The van der Waals surface area contributed by atoms with Crippen molar-refractivity contribution in [2.45, 2.75) is 31.3 Å². The monoisotopic (exact) mass is 333 g/mol. The summed E-state index contributed by atoms with van der Waals surface area (Å²) in [4.78, 5) is 23.0. The molecule has 0 aliphatic carbocycles. The molecule has 0 aromatic heterocycles. The third-order valence-electron chi connectivity index (χ3n) is 3.15. The Morgan fingerprint density at radius 3 is 2.26 bits per heavy atom. The van der Waals surface area contributed by atoms with Gasteiger partial charge in [0.15, 0.2) is 17.5 Å². The zero-order valence-corrected chi connectivity index (χ0v) is 12.2. The van der Waals surface area contributed by atoms with Gasteiger partial charge in [-0.15, -0.1) is 0 Å². The van der Waals surface area contributed by atoms with Gasteiger partial charge >= 0.3 is 5.97 Å². The first-order chi connectivity index (χ1) is 10.8. The van der Waals surface area contributed by atoms with E-state index in [1.54, 1.807) is 0 Å². The van der Waals surface area contributed by atoms with Crippen LogP contribution in [0.5, 0.6) is 0 Å². The highest BCUT2D eigenvalue weighted by Crippen LogP contribution is 2.15. The Hall–Kier alpha value is -2.13. The van der Waals surface area contributed by atoms with Crippen LogP contribution in [0.2, 0.25) is 0 Å². The largest absolute Gasteiger partial charge is 0.480 e. The Kier molecular flexibility index (Phi) is 6.98. The van der Waals surface area contributed by atoms with Gasteiger partial charge in [-0.1, -0.05) is 0 Å². The van der Waals surface area contributed by atoms with Crippen LogP contribution in [0, 0.1) is 17.5 Å². The Labute approximate surface area is 130 Å². The predicted octanol–water partition coefficient (Wildman–Crippen LogP) is 0.282. The first-order valence-corrected chi connectivity index (χ1v) is 6.88. The van der Waals surface area contributed by atoms with Crippen LogP contribution in [-0.4, -0.2) is 35.6 Å². The molecule has 0 fully saturated rings. The molecule has 1 aromatic rings. The Bertz CT molecular complexity index is 561. The molecule has 0 radical (unpaired) electrons. The molecule has 0 aliphatic heterocycles. The number of rotatable bonds is 8. The molecule has 0 unspecified atom stereocenters. The lowest BCUT2D eigenvalue weighted by molar-refractivity contribution is -0.142. The van der Waals surface area contributed by atoms with Crippen LogP contribution >= 0.6 is 0 Å². The summed E-state index contributed by atoms with van der Waals surface area (Å²) in [5.74, 6) is -6.64. The van der Waals surface area contributed by atoms with Gasteiger partial charge in [-0.2, -0.15) is 0 Å². The maximum absolute atomic E-state index is 13.1. The van der Waals surface area contributed by atoms with Gasteiger partial charge in [0.25, 0.3) is 0 Å². The van der Waals surface area contributed by atoms with Crippen molar-refractivity contribution >= 4 is 11.9 Å². The van der Waals surface area contributed by atoms with Crippen LogP contribution < -0.4 is 16.8 Å². The van der Waals surface area contributed by atoms with E-state index >= 15 is 0 Å². The fourth-order valence-electron chi connectivity index (χ4n) is 1.91. The van der Waals surface area contributed by atoms with Gasteiger partial charge in [-0.3, -0.25) is 4.79 Å². The Morgan fingerprint density at radius 1 is 1.22 bits per heavy atom.